The van der Waals surface area contributed by atoms with E-state index in [1.807, 2.05) is 30.3 Å². The van der Waals surface area contributed by atoms with Crippen molar-refractivity contribution >= 4 is 6.09 Å². The minimum absolute atomic E-state index is 0.0208. The van der Waals surface area contributed by atoms with Crippen LogP contribution >= 0.6 is 0 Å². The van der Waals surface area contributed by atoms with E-state index in [0.29, 0.717) is 13.0 Å². The number of benzene rings is 1. The van der Waals surface area contributed by atoms with E-state index in [4.69, 9.17) is 4.74 Å². The summed E-state index contributed by atoms with van der Waals surface area (Å²) in [7, 11) is 0. The number of alkyl carbamates (subject to hydrolysis) is 1. The minimum Gasteiger partial charge on any atom is -0.444 e. The van der Waals surface area contributed by atoms with Gasteiger partial charge in [-0.15, -0.1) is 0 Å². The first-order valence-corrected chi connectivity index (χ1v) is 9.52. The molecule has 0 spiro atoms. The molecule has 3 rings (SSSR count). The second-order valence-electron chi connectivity index (χ2n) is 8.61. The van der Waals surface area contributed by atoms with Gasteiger partial charge >= 0.3 is 12.3 Å². The van der Waals surface area contributed by atoms with E-state index >= 15 is 0 Å². The van der Waals surface area contributed by atoms with Crippen molar-refractivity contribution in [1.29, 1.82) is 0 Å². The zero-order valence-electron chi connectivity index (χ0n) is 16.7. The first kappa shape index (κ1) is 21.1. The van der Waals surface area contributed by atoms with Crippen LogP contribution in [0.1, 0.15) is 49.9 Å². The molecule has 0 bridgehead atoms. The average Bonchev–Trinajstić information content (AvgIpc) is 3.33. The summed E-state index contributed by atoms with van der Waals surface area (Å²) < 4.78 is 43.7. The van der Waals surface area contributed by atoms with E-state index in [1.54, 1.807) is 20.8 Å². The molecule has 7 heteroatoms. The normalized spacial score (nSPS) is 21.5. The number of ether oxygens (including phenoxy) is 1. The number of amides is 1. The van der Waals surface area contributed by atoms with Gasteiger partial charge in [0.25, 0.3) is 0 Å². The molecule has 2 atom stereocenters. The average molecular weight is 406 g/mol. The van der Waals surface area contributed by atoms with Gasteiger partial charge < -0.3 is 10.1 Å². The Bertz CT molecular complexity index is 845. The summed E-state index contributed by atoms with van der Waals surface area (Å²) >= 11 is 0. The predicted octanol–water partition coefficient (Wildman–Crippen LogP) is 5.34. The molecule has 1 amide bonds. The van der Waals surface area contributed by atoms with Crippen LogP contribution in [0.15, 0.2) is 48.7 Å². The quantitative estimate of drug-likeness (QED) is 0.729. The van der Waals surface area contributed by atoms with Gasteiger partial charge in [-0.1, -0.05) is 36.4 Å². The van der Waals surface area contributed by atoms with Gasteiger partial charge in [-0.2, -0.15) is 13.2 Å². The Hall–Kier alpha value is -2.57. The van der Waals surface area contributed by atoms with Crippen LogP contribution in [-0.4, -0.2) is 23.2 Å². The molecule has 2 aromatic rings. The number of aromatic nitrogens is 1. The lowest BCUT2D eigenvalue weighted by Crippen LogP contribution is -2.36. The first-order chi connectivity index (χ1) is 13.5. The van der Waals surface area contributed by atoms with Gasteiger partial charge in [-0.3, -0.25) is 4.98 Å². The zero-order chi connectivity index (χ0) is 21.3. The number of nitrogens with zero attached hydrogens (tertiary/aromatic N) is 1. The van der Waals surface area contributed by atoms with Crippen molar-refractivity contribution in [3.63, 3.8) is 0 Å². The third kappa shape index (κ3) is 5.49. The Morgan fingerprint density at radius 3 is 2.41 bits per heavy atom. The highest BCUT2D eigenvalue weighted by atomic mass is 19.4. The van der Waals surface area contributed by atoms with Crippen LogP contribution < -0.4 is 5.32 Å². The summed E-state index contributed by atoms with van der Waals surface area (Å²) in [4.78, 5) is 15.7. The van der Waals surface area contributed by atoms with Gasteiger partial charge in [0.15, 0.2) is 0 Å². The molecule has 1 aliphatic carbocycles. The number of halogens is 3. The van der Waals surface area contributed by atoms with Gasteiger partial charge in [-0.05, 0) is 62.1 Å². The number of nitrogens with one attached hydrogen (secondary N) is 1. The highest BCUT2D eigenvalue weighted by molar-refractivity contribution is 5.67. The summed E-state index contributed by atoms with van der Waals surface area (Å²) in [6.45, 7) is 5.75. The van der Waals surface area contributed by atoms with Gasteiger partial charge in [0, 0.05) is 12.7 Å². The molecule has 156 valence electrons. The largest absolute Gasteiger partial charge is 0.444 e. The minimum atomic E-state index is -4.46. The first-order valence-electron chi connectivity index (χ1n) is 9.52. The van der Waals surface area contributed by atoms with Crippen molar-refractivity contribution in [3.05, 3.63) is 65.5 Å². The summed E-state index contributed by atoms with van der Waals surface area (Å²) in [6.07, 6.45) is -2.20. The third-order valence-corrected chi connectivity index (χ3v) is 5.05. The summed E-state index contributed by atoms with van der Waals surface area (Å²) in [6, 6.07) is 12.3. The van der Waals surface area contributed by atoms with Crippen LogP contribution in [-0.2, 0) is 17.3 Å². The second-order valence-corrected chi connectivity index (χ2v) is 8.61. The smallest absolute Gasteiger partial charge is 0.433 e. The molecule has 29 heavy (non-hydrogen) atoms. The topological polar surface area (TPSA) is 51.2 Å². The Balaban J connectivity index is 1.76. The fourth-order valence-corrected chi connectivity index (χ4v) is 3.62. The maximum absolute atomic E-state index is 12.8. The van der Waals surface area contributed by atoms with Crippen LogP contribution in [0.5, 0.6) is 0 Å². The number of alkyl halides is 3. The Morgan fingerprint density at radius 2 is 1.86 bits per heavy atom. The summed E-state index contributed by atoms with van der Waals surface area (Å²) in [5.74, 6) is 0.0208. The molecule has 1 heterocycles. The van der Waals surface area contributed by atoms with Gasteiger partial charge in [0.1, 0.15) is 11.3 Å². The zero-order valence-corrected chi connectivity index (χ0v) is 16.7. The van der Waals surface area contributed by atoms with E-state index in [0.717, 1.165) is 23.6 Å². The van der Waals surface area contributed by atoms with Crippen molar-refractivity contribution in [2.24, 2.45) is 5.41 Å². The monoisotopic (exact) mass is 406 g/mol. The van der Waals surface area contributed by atoms with Gasteiger partial charge in [-0.25, -0.2) is 4.79 Å². The number of hydrogen-bond acceptors (Lipinski definition) is 3. The van der Waals surface area contributed by atoms with Crippen LogP contribution in [0.3, 0.4) is 0 Å². The third-order valence-electron chi connectivity index (χ3n) is 5.05. The molecule has 0 saturated heterocycles. The molecule has 1 aromatic carbocycles. The molecule has 1 fully saturated rings. The van der Waals surface area contributed by atoms with E-state index in [-0.39, 0.29) is 11.3 Å². The molecular formula is C22H25F3N2O2. The number of pyridine rings is 1. The molecule has 1 saturated carbocycles. The molecule has 0 radical (unpaired) electrons. The van der Waals surface area contributed by atoms with E-state index in [9.17, 15) is 18.0 Å². The Labute approximate surface area is 168 Å². The molecule has 1 aliphatic rings. The molecule has 1 aromatic heterocycles. The fraction of sp³-hybridized carbons (Fsp3) is 0.455. The SMILES string of the molecule is CC(C)(C)OC(=O)NC[C@]1(Cc2ccccc2)C[C@@H]1c1ccc(C(F)(F)F)nc1. The van der Waals surface area contributed by atoms with E-state index in [1.165, 1.54) is 12.3 Å². The van der Waals surface area contributed by atoms with Crippen LogP contribution in [0.2, 0.25) is 0 Å². The van der Waals surface area contributed by atoms with Crippen molar-refractivity contribution in [1.82, 2.24) is 10.3 Å². The highest BCUT2D eigenvalue weighted by Crippen LogP contribution is 2.60. The number of carbonyl (C=O) groups is 1. The highest BCUT2D eigenvalue weighted by Gasteiger charge is 2.54. The number of hydrogen-bond donors (Lipinski definition) is 1. The van der Waals surface area contributed by atoms with Crippen molar-refractivity contribution < 1.29 is 22.7 Å². The summed E-state index contributed by atoms with van der Waals surface area (Å²) in [5, 5.41) is 2.84. The number of rotatable bonds is 5. The lowest BCUT2D eigenvalue weighted by Gasteiger charge is -2.23. The fourth-order valence-electron chi connectivity index (χ4n) is 3.62. The predicted molar refractivity (Wildman–Crippen MR) is 103 cm³/mol. The second kappa shape index (κ2) is 7.69. The van der Waals surface area contributed by atoms with Crippen LogP contribution in [0, 0.1) is 5.41 Å². The molecular weight excluding hydrogens is 381 g/mol. The van der Waals surface area contributed by atoms with Crippen LogP contribution in [0.25, 0.3) is 0 Å². The van der Waals surface area contributed by atoms with E-state index in [2.05, 4.69) is 10.3 Å². The van der Waals surface area contributed by atoms with Crippen molar-refractivity contribution in [2.45, 2.75) is 51.3 Å². The van der Waals surface area contributed by atoms with E-state index < -0.39 is 23.6 Å². The lowest BCUT2D eigenvalue weighted by atomic mass is 9.91. The van der Waals surface area contributed by atoms with Crippen molar-refractivity contribution in [2.75, 3.05) is 6.54 Å². The van der Waals surface area contributed by atoms with Gasteiger partial charge in [0.2, 0.25) is 0 Å². The molecule has 1 N–H and O–H groups in total. The van der Waals surface area contributed by atoms with Gasteiger partial charge in [0.05, 0.1) is 0 Å². The number of carbonyl (C=O) groups excluding carboxylic acids is 1. The molecule has 4 nitrogen and oxygen atoms in total. The Kier molecular flexibility index (Phi) is 5.61. The standard InChI is InChI=1S/C22H25F3N2O2/c1-20(2,3)29-19(28)27-14-21(11-15-7-5-4-6-8-15)12-17(21)16-9-10-18(26-13-16)22(23,24)25/h4-10,13,17H,11-12,14H2,1-3H3,(H,27,28)/t17-,21+/m1/s1. The molecule has 0 unspecified atom stereocenters. The maximum Gasteiger partial charge on any atom is 0.433 e. The maximum atomic E-state index is 12.8. The molecule has 0 aliphatic heterocycles. The van der Waals surface area contributed by atoms with Crippen LogP contribution in [0.4, 0.5) is 18.0 Å². The summed E-state index contributed by atoms with van der Waals surface area (Å²) in [5.41, 5.74) is 0.0830. The lowest BCUT2D eigenvalue weighted by molar-refractivity contribution is -0.141. The van der Waals surface area contributed by atoms with Crippen molar-refractivity contribution in [3.8, 4) is 0 Å². The Morgan fingerprint density at radius 1 is 1.17 bits per heavy atom.